The Morgan fingerprint density at radius 3 is 2.40 bits per heavy atom. The van der Waals surface area contributed by atoms with E-state index in [1.165, 1.54) is 6.92 Å². The zero-order valence-electron chi connectivity index (χ0n) is 14.2. The van der Waals surface area contributed by atoms with E-state index in [2.05, 4.69) is 0 Å². The lowest BCUT2D eigenvalue weighted by Gasteiger charge is -2.14. The summed E-state index contributed by atoms with van der Waals surface area (Å²) in [6, 6.07) is 12.6. The fraction of sp³-hybridized carbons (Fsp3) is 0.200. The quantitative estimate of drug-likeness (QED) is 0.780. The Morgan fingerprint density at radius 1 is 1.12 bits per heavy atom. The number of carbonyl (C=O) groups is 1. The van der Waals surface area contributed by atoms with Crippen molar-refractivity contribution in [2.75, 3.05) is 0 Å². The summed E-state index contributed by atoms with van der Waals surface area (Å²) in [7, 11) is 0. The van der Waals surface area contributed by atoms with Gasteiger partial charge in [-0.3, -0.25) is 4.79 Å². The number of ether oxygens (including phenoxy) is 1. The number of fused-ring (bicyclic) bond motifs is 1. The monoisotopic (exact) mass is 338 g/mol. The van der Waals surface area contributed by atoms with Crippen LogP contribution in [0, 0.1) is 13.8 Å². The van der Waals surface area contributed by atoms with Gasteiger partial charge in [0.15, 0.2) is 11.9 Å². The molecule has 0 aliphatic carbocycles. The van der Waals surface area contributed by atoms with E-state index < -0.39 is 12.1 Å². The predicted molar refractivity (Wildman–Crippen MR) is 95.1 cm³/mol. The van der Waals surface area contributed by atoms with Crippen molar-refractivity contribution in [3.63, 3.8) is 0 Å². The Morgan fingerprint density at radius 2 is 1.76 bits per heavy atom. The molecule has 3 rings (SSSR count). The molecule has 128 valence electrons. The molecular weight excluding hydrogens is 320 g/mol. The van der Waals surface area contributed by atoms with Gasteiger partial charge in [0.25, 0.3) is 0 Å². The summed E-state index contributed by atoms with van der Waals surface area (Å²) in [5, 5.41) is 9.50. The minimum Gasteiger partial charge on any atom is -0.479 e. The summed E-state index contributed by atoms with van der Waals surface area (Å²) < 4.78 is 11.4. The number of aliphatic carboxylic acids is 1. The van der Waals surface area contributed by atoms with Gasteiger partial charge in [-0.05, 0) is 44.0 Å². The molecular formula is C20H18O5. The normalized spacial score (nSPS) is 12.1. The smallest absolute Gasteiger partial charge is 0.344 e. The first-order valence-corrected chi connectivity index (χ1v) is 7.91. The SMILES string of the molecule is Cc1cc2oc(-c3ccccc3)c(O[C@@H](C)C(=O)O)c(=O)c2cc1C. The van der Waals surface area contributed by atoms with Crippen LogP contribution in [0.1, 0.15) is 18.1 Å². The minimum atomic E-state index is -1.17. The Hall–Kier alpha value is -3.08. The van der Waals surface area contributed by atoms with Gasteiger partial charge in [-0.1, -0.05) is 30.3 Å². The summed E-state index contributed by atoms with van der Waals surface area (Å²) in [6.45, 7) is 5.22. The van der Waals surface area contributed by atoms with Crippen molar-refractivity contribution in [2.24, 2.45) is 0 Å². The molecule has 0 aliphatic rings. The second-order valence-corrected chi connectivity index (χ2v) is 5.99. The van der Waals surface area contributed by atoms with E-state index >= 15 is 0 Å². The van der Waals surface area contributed by atoms with Crippen molar-refractivity contribution in [1.82, 2.24) is 0 Å². The first-order chi connectivity index (χ1) is 11.9. The lowest BCUT2D eigenvalue weighted by Crippen LogP contribution is -2.26. The molecule has 0 aliphatic heterocycles. The maximum absolute atomic E-state index is 13.0. The van der Waals surface area contributed by atoms with Crippen LogP contribution in [-0.2, 0) is 4.79 Å². The van der Waals surface area contributed by atoms with Gasteiger partial charge >= 0.3 is 5.97 Å². The Labute approximate surface area is 144 Å². The molecule has 3 aromatic rings. The zero-order chi connectivity index (χ0) is 18.1. The third-order valence-corrected chi connectivity index (χ3v) is 4.14. The fourth-order valence-corrected chi connectivity index (χ4v) is 2.55. The van der Waals surface area contributed by atoms with E-state index in [-0.39, 0.29) is 16.9 Å². The Kier molecular flexibility index (Phi) is 4.31. The molecule has 1 heterocycles. The molecule has 2 aromatic carbocycles. The molecule has 0 unspecified atom stereocenters. The minimum absolute atomic E-state index is 0.0862. The Balaban J connectivity index is 2.32. The maximum atomic E-state index is 13.0. The number of rotatable bonds is 4. The predicted octanol–water partition coefficient (Wildman–Crippen LogP) is 3.93. The van der Waals surface area contributed by atoms with Gasteiger partial charge in [0.1, 0.15) is 5.58 Å². The van der Waals surface area contributed by atoms with Crippen LogP contribution in [0.5, 0.6) is 5.75 Å². The van der Waals surface area contributed by atoms with Gasteiger partial charge in [0.05, 0.1) is 5.39 Å². The van der Waals surface area contributed by atoms with Gasteiger partial charge in [-0.15, -0.1) is 0 Å². The van der Waals surface area contributed by atoms with Gasteiger partial charge in [0.2, 0.25) is 11.2 Å². The second kappa shape index (κ2) is 6.43. The van der Waals surface area contributed by atoms with Crippen LogP contribution in [0.2, 0.25) is 0 Å². The number of benzene rings is 2. The molecule has 25 heavy (non-hydrogen) atoms. The molecule has 0 amide bonds. The van der Waals surface area contributed by atoms with E-state index in [1.54, 1.807) is 18.2 Å². The third kappa shape index (κ3) is 3.13. The van der Waals surface area contributed by atoms with E-state index in [0.29, 0.717) is 16.5 Å². The van der Waals surface area contributed by atoms with Crippen molar-refractivity contribution in [2.45, 2.75) is 26.9 Å². The highest BCUT2D eigenvalue weighted by molar-refractivity contribution is 5.83. The topological polar surface area (TPSA) is 76.7 Å². The van der Waals surface area contributed by atoms with Gasteiger partial charge in [-0.2, -0.15) is 0 Å². The van der Waals surface area contributed by atoms with E-state index in [9.17, 15) is 9.59 Å². The zero-order valence-corrected chi connectivity index (χ0v) is 14.2. The second-order valence-electron chi connectivity index (χ2n) is 5.99. The average Bonchev–Trinajstić information content (AvgIpc) is 2.59. The largest absolute Gasteiger partial charge is 0.479 e. The number of hydrogen-bond donors (Lipinski definition) is 1. The first kappa shape index (κ1) is 16.8. The van der Waals surface area contributed by atoms with Crippen LogP contribution in [0.3, 0.4) is 0 Å². The molecule has 0 saturated heterocycles. The van der Waals surface area contributed by atoms with Crippen LogP contribution in [0.25, 0.3) is 22.3 Å². The molecule has 0 saturated carbocycles. The van der Waals surface area contributed by atoms with Crippen molar-refractivity contribution in [3.8, 4) is 17.1 Å². The Bertz CT molecular complexity index is 1000. The van der Waals surface area contributed by atoms with Crippen LogP contribution in [0.15, 0.2) is 51.7 Å². The third-order valence-electron chi connectivity index (χ3n) is 4.14. The number of aryl methyl sites for hydroxylation is 2. The van der Waals surface area contributed by atoms with Crippen LogP contribution >= 0.6 is 0 Å². The van der Waals surface area contributed by atoms with Crippen molar-refractivity contribution in [1.29, 1.82) is 0 Å². The van der Waals surface area contributed by atoms with Crippen molar-refractivity contribution >= 4 is 16.9 Å². The van der Waals surface area contributed by atoms with Gasteiger partial charge in [0, 0.05) is 5.56 Å². The van der Waals surface area contributed by atoms with Gasteiger partial charge < -0.3 is 14.3 Å². The fourth-order valence-electron chi connectivity index (χ4n) is 2.55. The van der Waals surface area contributed by atoms with Crippen molar-refractivity contribution in [3.05, 3.63) is 63.8 Å². The molecule has 5 nitrogen and oxygen atoms in total. The summed E-state index contributed by atoms with van der Waals surface area (Å²) in [4.78, 5) is 24.1. The molecule has 1 N–H and O–H groups in total. The molecule has 0 bridgehead atoms. The van der Waals surface area contributed by atoms with Crippen molar-refractivity contribution < 1.29 is 19.1 Å². The van der Waals surface area contributed by atoms with Crippen LogP contribution in [0.4, 0.5) is 0 Å². The highest BCUT2D eigenvalue weighted by Crippen LogP contribution is 2.32. The molecule has 1 atom stereocenters. The standard InChI is InChI=1S/C20H18O5/c1-11-9-15-16(10-12(11)2)25-18(14-7-5-4-6-8-14)19(17(15)21)24-13(3)20(22)23/h4-10,13H,1-3H3,(H,22,23)/t13-/m0/s1. The summed E-state index contributed by atoms with van der Waals surface area (Å²) >= 11 is 0. The average molecular weight is 338 g/mol. The molecule has 1 aromatic heterocycles. The first-order valence-electron chi connectivity index (χ1n) is 7.91. The lowest BCUT2D eigenvalue weighted by molar-refractivity contribution is -0.144. The number of carboxylic acids is 1. The van der Waals surface area contributed by atoms with E-state index in [1.807, 2.05) is 38.1 Å². The lowest BCUT2D eigenvalue weighted by atomic mass is 10.0. The molecule has 5 heteroatoms. The van der Waals surface area contributed by atoms with Crippen LogP contribution in [-0.4, -0.2) is 17.2 Å². The number of carboxylic acid groups (broad SMARTS) is 1. The molecule has 0 spiro atoms. The highest BCUT2D eigenvalue weighted by atomic mass is 16.5. The highest BCUT2D eigenvalue weighted by Gasteiger charge is 2.22. The summed E-state index contributed by atoms with van der Waals surface area (Å²) in [5.74, 6) is -1.01. The summed E-state index contributed by atoms with van der Waals surface area (Å²) in [5.41, 5.74) is 2.66. The van der Waals surface area contributed by atoms with E-state index in [4.69, 9.17) is 14.3 Å². The van der Waals surface area contributed by atoms with Crippen LogP contribution < -0.4 is 10.2 Å². The van der Waals surface area contributed by atoms with Gasteiger partial charge in [-0.25, -0.2) is 4.79 Å². The summed E-state index contributed by atoms with van der Waals surface area (Å²) in [6.07, 6.45) is -1.17. The number of hydrogen-bond acceptors (Lipinski definition) is 4. The molecule has 0 radical (unpaired) electrons. The van der Waals surface area contributed by atoms with E-state index in [0.717, 1.165) is 11.1 Å². The maximum Gasteiger partial charge on any atom is 0.344 e. The molecule has 0 fully saturated rings.